The first-order valence-corrected chi connectivity index (χ1v) is 7.63. The third kappa shape index (κ3) is 2.18. The van der Waals surface area contributed by atoms with E-state index in [4.69, 9.17) is 11.6 Å². The summed E-state index contributed by atoms with van der Waals surface area (Å²) in [5.74, 6) is 0.976. The number of sulfonamides is 1. The number of fused-ring (bicyclic) bond motifs is 1. The zero-order valence-electron chi connectivity index (χ0n) is 8.40. The lowest BCUT2D eigenvalue weighted by molar-refractivity contribution is 0.598. The maximum atomic E-state index is 11.8. The Labute approximate surface area is 103 Å². The van der Waals surface area contributed by atoms with Gasteiger partial charge in [-0.25, -0.2) is 0 Å². The largest absolute Gasteiger partial charge is 0.341 e. The summed E-state index contributed by atoms with van der Waals surface area (Å²) in [5, 5.41) is 3.35. The summed E-state index contributed by atoms with van der Waals surface area (Å²) in [7, 11) is -3.61. The van der Waals surface area contributed by atoms with E-state index in [1.807, 2.05) is 6.26 Å². The molecule has 0 radical (unpaired) electrons. The molecule has 0 unspecified atom stereocenters. The Balaban J connectivity index is 2.53. The first-order chi connectivity index (χ1) is 7.53. The normalized spacial score (nSPS) is 17.2. The summed E-state index contributed by atoms with van der Waals surface area (Å²) < 4.78 is 27.3. The van der Waals surface area contributed by atoms with Gasteiger partial charge in [0.25, 0.3) is 10.0 Å². The number of halogens is 1. The lowest BCUT2D eigenvalue weighted by Crippen LogP contribution is -2.23. The Bertz CT molecular complexity index is 555. The summed E-state index contributed by atoms with van der Waals surface area (Å²) in [6, 6.07) is 4.69. The predicted octanol–water partition coefficient (Wildman–Crippen LogP) is 2.22. The second-order valence-electron chi connectivity index (χ2n) is 3.21. The summed E-state index contributed by atoms with van der Waals surface area (Å²) in [6.45, 7) is 0. The van der Waals surface area contributed by atoms with Crippen molar-refractivity contribution in [2.24, 2.45) is 4.40 Å². The molecular formula is C9H9ClN2O2S2. The highest BCUT2D eigenvalue weighted by atomic mass is 35.5. The number of rotatable bonds is 2. The van der Waals surface area contributed by atoms with Crippen LogP contribution in [0.4, 0.5) is 5.69 Å². The Morgan fingerprint density at radius 1 is 1.50 bits per heavy atom. The number of amidine groups is 1. The van der Waals surface area contributed by atoms with Crippen LogP contribution in [0.5, 0.6) is 0 Å². The molecule has 0 bridgehead atoms. The van der Waals surface area contributed by atoms with E-state index in [9.17, 15) is 8.42 Å². The predicted molar refractivity (Wildman–Crippen MR) is 68.1 cm³/mol. The summed E-state index contributed by atoms with van der Waals surface area (Å²) in [6.07, 6.45) is 1.88. The molecule has 1 aliphatic rings. The van der Waals surface area contributed by atoms with E-state index in [2.05, 4.69) is 9.71 Å². The first kappa shape index (κ1) is 11.8. The smallest absolute Gasteiger partial charge is 0.286 e. The van der Waals surface area contributed by atoms with Gasteiger partial charge in [0, 0.05) is 5.02 Å². The minimum Gasteiger partial charge on any atom is -0.341 e. The molecule has 0 amide bonds. The summed E-state index contributed by atoms with van der Waals surface area (Å²) in [5.41, 5.74) is 0.531. The third-order valence-electron chi connectivity index (χ3n) is 2.01. The number of anilines is 1. The standard InChI is InChI=1S/C9H9ClN2O2S2/c1-15-5-9-11-7-3-2-6(10)4-8(7)16(13,14)12-9/h2-4H,5H2,1H3,(H,11,12). The summed E-state index contributed by atoms with van der Waals surface area (Å²) in [4.78, 5) is 0.129. The van der Waals surface area contributed by atoms with Crippen molar-refractivity contribution in [1.29, 1.82) is 0 Å². The molecule has 1 aromatic carbocycles. The van der Waals surface area contributed by atoms with E-state index in [1.165, 1.54) is 17.8 Å². The molecule has 1 aromatic rings. The lowest BCUT2D eigenvalue weighted by atomic mass is 10.3. The van der Waals surface area contributed by atoms with Crippen molar-refractivity contribution in [2.75, 3.05) is 17.3 Å². The zero-order chi connectivity index (χ0) is 11.8. The average Bonchev–Trinajstić information content (AvgIpc) is 2.19. The van der Waals surface area contributed by atoms with Crippen LogP contribution in [0.2, 0.25) is 5.02 Å². The fraction of sp³-hybridized carbons (Fsp3) is 0.222. The molecule has 86 valence electrons. The number of thioether (sulfide) groups is 1. The SMILES string of the molecule is CSCC1=NS(=O)(=O)c2cc(Cl)ccc2N1. The highest BCUT2D eigenvalue weighted by molar-refractivity contribution is 7.99. The number of hydrogen-bond donors (Lipinski definition) is 1. The molecule has 0 fully saturated rings. The molecule has 7 heteroatoms. The Morgan fingerprint density at radius 2 is 2.25 bits per heavy atom. The Morgan fingerprint density at radius 3 is 2.94 bits per heavy atom. The zero-order valence-corrected chi connectivity index (χ0v) is 10.8. The quantitative estimate of drug-likeness (QED) is 0.900. The maximum absolute atomic E-state index is 11.8. The Kier molecular flexibility index (Phi) is 3.14. The molecule has 2 rings (SSSR count). The lowest BCUT2D eigenvalue weighted by Gasteiger charge is -2.17. The minimum atomic E-state index is -3.61. The molecule has 4 nitrogen and oxygen atoms in total. The third-order valence-corrected chi connectivity index (χ3v) is 4.16. The second-order valence-corrected chi connectivity index (χ2v) is 6.09. The van der Waals surface area contributed by atoms with Crippen molar-refractivity contribution >= 4 is 44.9 Å². The van der Waals surface area contributed by atoms with Crippen LogP contribution < -0.4 is 5.32 Å². The molecule has 0 saturated carbocycles. The molecule has 0 aliphatic carbocycles. The van der Waals surface area contributed by atoms with Crippen molar-refractivity contribution in [3.8, 4) is 0 Å². The van der Waals surface area contributed by atoms with Crippen LogP contribution in [0, 0.1) is 0 Å². The fourth-order valence-corrected chi connectivity index (χ4v) is 3.28. The van der Waals surface area contributed by atoms with Crippen molar-refractivity contribution in [2.45, 2.75) is 4.90 Å². The molecule has 1 N–H and O–H groups in total. The molecule has 16 heavy (non-hydrogen) atoms. The van der Waals surface area contributed by atoms with Gasteiger partial charge in [-0.3, -0.25) is 0 Å². The molecule has 0 saturated heterocycles. The van der Waals surface area contributed by atoms with E-state index in [-0.39, 0.29) is 4.90 Å². The molecule has 0 spiro atoms. The van der Waals surface area contributed by atoms with Gasteiger partial charge < -0.3 is 5.32 Å². The van der Waals surface area contributed by atoms with Crippen LogP contribution in [0.3, 0.4) is 0 Å². The van der Waals surface area contributed by atoms with Crippen molar-refractivity contribution in [3.63, 3.8) is 0 Å². The number of benzene rings is 1. The summed E-state index contributed by atoms with van der Waals surface area (Å²) >= 11 is 7.26. The van der Waals surface area contributed by atoms with Crippen LogP contribution in [0.15, 0.2) is 27.5 Å². The highest BCUT2D eigenvalue weighted by Crippen LogP contribution is 2.30. The van der Waals surface area contributed by atoms with Gasteiger partial charge in [0.05, 0.1) is 11.4 Å². The number of nitrogens with one attached hydrogen (secondary N) is 1. The van der Waals surface area contributed by atoms with E-state index in [1.54, 1.807) is 12.1 Å². The van der Waals surface area contributed by atoms with Crippen molar-refractivity contribution < 1.29 is 8.42 Å². The van der Waals surface area contributed by atoms with E-state index in [0.29, 0.717) is 22.3 Å². The van der Waals surface area contributed by atoms with Crippen LogP contribution in [0.1, 0.15) is 0 Å². The van der Waals surface area contributed by atoms with Crippen molar-refractivity contribution in [3.05, 3.63) is 23.2 Å². The van der Waals surface area contributed by atoms with Gasteiger partial charge in [0.1, 0.15) is 10.7 Å². The number of hydrogen-bond acceptors (Lipinski definition) is 4. The second kappa shape index (κ2) is 4.27. The van der Waals surface area contributed by atoms with Gasteiger partial charge in [-0.05, 0) is 24.5 Å². The van der Waals surface area contributed by atoms with Gasteiger partial charge in [-0.2, -0.15) is 20.2 Å². The topological polar surface area (TPSA) is 58.5 Å². The van der Waals surface area contributed by atoms with Gasteiger partial charge in [-0.15, -0.1) is 4.40 Å². The Hall–Kier alpha value is -0.720. The maximum Gasteiger partial charge on any atom is 0.286 e. The van der Waals surface area contributed by atoms with Gasteiger partial charge in [-0.1, -0.05) is 11.6 Å². The fourth-order valence-electron chi connectivity index (χ4n) is 1.38. The first-order valence-electron chi connectivity index (χ1n) is 4.42. The van der Waals surface area contributed by atoms with Gasteiger partial charge in [0.2, 0.25) is 0 Å². The molecule has 1 heterocycles. The molecular weight excluding hydrogens is 268 g/mol. The van der Waals surface area contributed by atoms with Gasteiger partial charge >= 0.3 is 0 Å². The van der Waals surface area contributed by atoms with Crippen LogP contribution in [0.25, 0.3) is 0 Å². The molecule has 0 aromatic heterocycles. The van der Waals surface area contributed by atoms with Gasteiger partial charge in [0.15, 0.2) is 0 Å². The van der Waals surface area contributed by atoms with E-state index < -0.39 is 10.0 Å². The highest BCUT2D eigenvalue weighted by Gasteiger charge is 2.24. The van der Waals surface area contributed by atoms with Crippen LogP contribution in [-0.2, 0) is 10.0 Å². The van der Waals surface area contributed by atoms with Crippen LogP contribution >= 0.6 is 23.4 Å². The van der Waals surface area contributed by atoms with Crippen molar-refractivity contribution in [1.82, 2.24) is 0 Å². The minimum absolute atomic E-state index is 0.129. The van der Waals surface area contributed by atoms with Crippen LogP contribution in [-0.4, -0.2) is 26.3 Å². The molecule has 0 atom stereocenters. The number of nitrogens with zero attached hydrogens (tertiary/aromatic N) is 1. The molecule has 1 aliphatic heterocycles. The monoisotopic (exact) mass is 276 g/mol. The average molecular weight is 277 g/mol. The van der Waals surface area contributed by atoms with E-state index in [0.717, 1.165) is 0 Å². The van der Waals surface area contributed by atoms with E-state index >= 15 is 0 Å².